The van der Waals surface area contributed by atoms with Crippen LogP contribution in [0.15, 0.2) is 0 Å². The number of nitrogens with zero attached hydrogens (tertiary/aromatic N) is 3. The van der Waals surface area contributed by atoms with Gasteiger partial charge in [0.15, 0.2) is 6.29 Å². The molecule has 1 aliphatic carbocycles. The first-order valence-corrected chi connectivity index (χ1v) is 5.71. The van der Waals surface area contributed by atoms with Crippen molar-refractivity contribution in [1.29, 1.82) is 0 Å². The van der Waals surface area contributed by atoms with Crippen LogP contribution >= 0.6 is 0 Å². The summed E-state index contributed by atoms with van der Waals surface area (Å²) in [5, 5.41) is 8.03. The normalized spacial score (nSPS) is 17.4. The second-order valence-corrected chi connectivity index (χ2v) is 4.21. The van der Waals surface area contributed by atoms with Gasteiger partial charge in [-0.25, -0.2) is 4.68 Å². The van der Waals surface area contributed by atoms with Crippen molar-refractivity contribution in [3.8, 4) is 0 Å². The zero-order chi connectivity index (χ0) is 11.5. The van der Waals surface area contributed by atoms with E-state index in [1.807, 2.05) is 4.68 Å². The second kappa shape index (κ2) is 4.74. The Morgan fingerprint density at radius 1 is 1.62 bits per heavy atom. The topological polar surface area (TPSA) is 57.0 Å². The molecule has 0 spiro atoms. The van der Waals surface area contributed by atoms with Gasteiger partial charge < -0.3 is 4.74 Å². The molecule has 0 aliphatic heterocycles. The van der Waals surface area contributed by atoms with Crippen LogP contribution in [0.4, 0.5) is 0 Å². The molecule has 1 fully saturated rings. The Balaban J connectivity index is 2.31. The monoisotopic (exact) mass is 223 g/mol. The minimum absolute atomic E-state index is 0.182. The Labute approximate surface area is 94.8 Å². The predicted molar refractivity (Wildman–Crippen MR) is 58.6 cm³/mol. The highest BCUT2D eigenvalue weighted by atomic mass is 16.5. The highest BCUT2D eigenvalue weighted by molar-refractivity contribution is 5.73. The summed E-state index contributed by atoms with van der Waals surface area (Å²) in [6.45, 7) is 2.69. The van der Waals surface area contributed by atoms with Crippen LogP contribution in [0, 0.1) is 0 Å². The van der Waals surface area contributed by atoms with E-state index in [9.17, 15) is 4.79 Å². The molecule has 2 rings (SSSR count). The quantitative estimate of drug-likeness (QED) is 0.687. The molecule has 1 unspecified atom stereocenters. The second-order valence-electron chi connectivity index (χ2n) is 4.21. The van der Waals surface area contributed by atoms with E-state index in [2.05, 4.69) is 17.2 Å². The third kappa shape index (κ3) is 2.00. The fraction of sp³-hybridized carbons (Fsp3) is 0.727. The van der Waals surface area contributed by atoms with Crippen molar-refractivity contribution in [2.24, 2.45) is 0 Å². The van der Waals surface area contributed by atoms with E-state index >= 15 is 0 Å². The van der Waals surface area contributed by atoms with E-state index in [0.29, 0.717) is 18.2 Å². The Morgan fingerprint density at radius 2 is 2.38 bits per heavy atom. The molecule has 0 aromatic carbocycles. The third-order valence-electron chi connectivity index (χ3n) is 3.01. The van der Waals surface area contributed by atoms with Gasteiger partial charge in [-0.3, -0.25) is 4.79 Å². The maximum Gasteiger partial charge on any atom is 0.172 e. The van der Waals surface area contributed by atoms with Crippen LogP contribution in [-0.2, 0) is 4.74 Å². The first-order chi connectivity index (χ1) is 7.81. The SMILES string of the molecule is CCC(COC)n1nnc(C=O)c1C1CC1. The fourth-order valence-corrected chi connectivity index (χ4v) is 1.97. The number of hydrogen-bond donors (Lipinski definition) is 0. The summed E-state index contributed by atoms with van der Waals surface area (Å²) in [7, 11) is 1.68. The van der Waals surface area contributed by atoms with Gasteiger partial charge >= 0.3 is 0 Å². The maximum absolute atomic E-state index is 10.9. The molecular formula is C11H17N3O2. The first-order valence-electron chi connectivity index (χ1n) is 5.71. The van der Waals surface area contributed by atoms with Crippen molar-refractivity contribution in [2.75, 3.05) is 13.7 Å². The Bertz CT molecular complexity index is 371. The molecule has 5 heteroatoms. The molecule has 1 heterocycles. The lowest BCUT2D eigenvalue weighted by atomic mass is 10.2. The van der Waals surface area contributed by atoms with Gasteiger partial charge in [0, 0.05) is 13.0 Å². The molecule has 1 aliphatic rings. The highest BCUT2D eigenvalue weighted by Gasteiger charge is 2.32. The number of carbonyl (C=O) groups is 1. The van der Waals surface area contributed by atoms with Crippen molar-refractivity contribution in [2.45, 2.75) is 38.1 Å². The van der Waals surface area contributed by atoms with Crippen molar-refractivity contribution in [3.63, 3.8) is 0 Å². The molecule has 0 bridgehead atoms. The van der Waals surface area contributed by atoms with Crippen molar-refractivity contribution in [3.05, 3.63) is 11.4 Å². The minimum atomic E-state index is 0.182. The van der Waals surface area contributed by atoms with Gasteiger partial charge in [-0.05, 0) is 19.3 Å². The smallest absolute Gasteiger partial charge is 0.172 e. The van der Waals surface area contributed by atoms with Crippen LogP contribution < -0.4 is 0 Å². The summed E-state index contributed by atoms with van der Waals surface area (Å²) in [6, 6.07) is 0.182. The Kier molecular flexibility index (Phi) is 3.33. The van der Waals surface area contributed by atoms with Crippen molar-refractivity contribution < 1.29 is 9.53 Å². The Morgan fingerprint density at radius 3 is 2.88 bits per heavy atom. The largest absolute Gasteiger partial charge is 0.382 e. The van der Waals surface area contributed by atoms with Crippen LogP contribution in [0.2, 0.25) is 0 Å². The number of methoxy groups -OCH3 is 1. The molecule has 16 heavy (non-hydrogen) atoms. The van der Waals surface area contributed by atoms with Crippen LogP contribution in [0.25, 0.3) is 0 Å². The van der Waals surface area contributed by atoms with Gasteiger partial charge in [0.25, 0.3) is 0 Å². The highest BCUT2D eigenvalue weighted by Crippen LogP contribution is 2.41. The predicted octanol–water partition coefficient (Wildman–Crippen LogP) is 1.57. The molecule has 0 radical (unpaired) electrons. The average molecular weight is 223 g/mol. The first kappa shape index (κ1) is 11.3. The number of hydrogen-bond acceptors (Lipinski definition) is 4. The zero-order valence-corrected chi connectivity index (χ0v) is 9.72. The molecule has 1 atom stereocenters. The van der Waals surface area contributed by atoms with E-state index in [-0.39, 0.29) is 6.04 Å². The molecule has 1 saturated carbocycles. The summed E-state index contributed by atoms with van der Waals surface area (Å²) in [5.74, 6) is 0.473. The van der Waals surface area contributed by atoms with E-state index < -0.39 is 0 Å². The lowest BCUT2D eigenvalue weighted by molar-refractivity contribution is 0.111. The van der Waals surface area contributed by atoms with Crippen LogP contribution in [-0.4, -0.2) is 35.0 Å². The standard InChI is InChI=1S/C11H17N3O2/c1-3-9(7-16-2)14-11(8-4-5-8)10(6-15)12-13-14/h6,8-9H,3-5,7H2,1-2H3. The van der Waals surface area contributed by atoms with E-state index in [0.717, 1.165) is 31.2 Å². The van der Waals surface area contributed by atoms with Gasteiger partial charge in [-0.2, -0.15) is 0 Å². The molecule has 5 nitrogen and oxygen atoms in total. The molecule has 1 aromatic rings. The van der Waals surface area contributed by atoms with Gasteiger partial charge in [0.2, 0.25) is 0 Å². The molecule has 0 N–H and O–H groups in total. The molecule has 1 aromatic heterocycles. The van der Waals surface area contributed by atoms with Gasteiger partial charge in [-0.1, -0.05) is 12.1 Å². The van der Waals surface area contributed by atoms with Crippen molar-refractivity contribution in [1.82, 2.24) is 15.0 Å². The molecular weight excluding hydrogens is 206 g/mol. The van der Waals surface area contributed by atoms with Crippen molar-refractivity contribution >= 4 is 6.29 Å². The summed E-state index contributed by atoms with van der Waals surface area (Å²) in [6.07, 6.45) is 4.00. The van der Waals surface area contributed by atoms with Crippen LogP contribution in [0.3, 0.4) is 0 Å². The van der Waals surface area contributed by atoms with Gasteiger partial charge in [0.1, 0.15) is 5.69 Å². The average Bonchev–Trinajstić information content (AvgIpc) is 3.06. The Hall–Kier alpha value is -1.23. The molecule has 88 valence electrons. The lowest BCUT2D eigenvalue weighted by Gasteiger charge is -2.16. The van der Waals surface area contributed by atoms with Crippen LogP contribution in [0.1, 0.15) is 54.3 Å². The molecule has 0 saturated heterocycles. The fourth-order valence-electron chi connectivity index (χ4n) is 1.97. The number of rotatable bonds is 6. The van der Waals surface area contributed by atoms with Crippen LogP contribution in [0.5, 0.6) is 0 Å². The van der Waals surface area contributed by atoms with Gasteiger partial charge in [-0.15, -0.1) is 5.10 Å². The summed E-state index contributed by atoms with van der Waals surface area (Å²) < 4.78 is 7.05. The van der Waals surface area contributed by atoms with Gasteiger partial charge in [0.05, 0.1) is 18.3 Å². The summed E-state index contributed by atoms with van der Waals surface area (Å²) in [5.41, 5.74) is 1.50. The van der Waals surface area contributed by atoms with E-state index in [4.69, 9.17) is 4.74 Å². The maximum atomic E-state index is 10.9. The number of ether oxygens (including phenoxy) is 1. The van der Waals surface area contributed by atoms with E-state index in [1.54, 1.807) is 7.11 Å². The van der Waals surface area contributed by atoms with E-state index in [1.165, 1.54) is 0 Å². The summed E-state index contributed by atoms with van der Waals surface area (Å²) in [4.78, 5) is 10.9. The number of carbonyl (C=O) groups excluding carboxylic acids is 1. The lowest BCUT2D eigenvalue weighted by Crippen LogP contribution is -2.17. The zero-order valence-electron chi connectivity index (χ0n) is 9.72. The molecule has 0 amide bonds. The number of aldehydes is 1. The minimum Gasteiger partial charge on any atom is -0.382 e. The third-order valence-corrected chi connectivity index (χ3v) is 3.01. The number of aromatic nitrogens is 3. The summed E-state index contributed by atoms with van der Waals surface area (Å²) >= 11 is 0.